The number of hydrogen-bond acceptors (Lipinski definition) is 4. The average Bonchev–Trinajstić information content (AvgIpc) is 2.38. The summed E-state index contributed by atoms with van der Waals surface area (Å²) in [5.74, 6) is 1.16. The molecule has 2 heterocycles. The van der Waals surface area contributed by atoms with Crippen molar-refractivity contribution in [2.45, 2.75) is 12.8 Å². The van der Waals surface area contributed by atoms with Gasteiger partial charge in [0.05, 0.1) is 6.61 Å². The molecule has 0 bridgehead atoms. The molecule has 3 N–H and O–H groups in total. The van der Waals surface area contributed by atoms with Crippen LogP contribution in [-0.2, 0) is 4.74 Å². The lowest BCUT2D eigenvalue weighted by Crippen LogP contribution is -2.21. The average molecular weight is 235 g/mol. The van der Waals surface area contributed by atoms with E-state index in [1.165, 1.54) is 0 Å². The molecule has 0 atom stereocenters. The predicted octanol–water partition coefficient (Wildman–Crippen LogP) is 1.17. The SMILES string of the molecule is N=C(N)c1ccc(OCC2CCOCC2)nc1. The summed E-state index contributed by atoms with van der Waals surface area (Å²) in [7, 11) is 0. The van der Waals surface area contributed by atoms with Gasteiger partial charge in [-0.15, -0.1) is 0 Å². The van der Waals surface area contributed by atoms with Crippen LogP contribution in [0.15, 0.2) is 18.3 Å². The quantitative estimate of drug-likeness (QED) is 0.606. The van der Waals surface area contributed by atoms with Gasteiger partial charge >= 0.3 is 0 Å². The van der Waals surface area contributed by atoms with E-state index in [2.05, 4.69) is 4.98 Å². The first kappa shape index (κ1) is 11.9. The number of hydrogen-bond donors (Lipinski definition) is 2. The second-order valence-electron chi connectivity index (χ2n) is 4.17. The largest absolute Gasteiger partial charge is 0.477 e. The van der Waals surface area contributed by atoms with Crippen molar-refractivity contribution in [2.24, 2.45) is 11.7 Å². The van der Waals surface area contributed by atoms with Gasteiger partial charge in [0, 0.05) is 31.0 Å². The van der Waals surface area contributed by atoms with Crippen molar-refractivity contribution in [1.82, 2.24) is 4.98 Å². The molecular weight excluding hydrogens is 218 g/mol. The molecule has 0 spiro atoms. The molecule has 0 unspecified atom stereocenters. The third kappa shape index (κ3) is 3.42. The molecule has 0 saturated carbocycles. The molecule has 0 aliphatic carbocycles. The van der Waals surface area contributed by atoms with Crippen LogP contribution in [0.1, 0.15) is 18.4 Å². The van der Waals surface area contributed by atoms with Crippen LogP contribution in [0, 0.1) is 11.3 Å². The number of ether oxygens (including phenoxy) is 2. The molecule has 1 aliphatic rings. The summed E-state index contributed by atoms with van der Waals surface area (Å²) >= 11 is 0. The number of nitrogens with zero attached hydrogens (tertiary/aromatic N) is 1. The lowest BCUT2D eigenvalue weighted by molar-refractivity contribution is 0.0490. The highest BCUT2D eigenvalue weighted by Gasteiger charge is 2.14. The molecule has 2 rings (SSSR count). The van der Waals surface area contributed by atoms with Crippen LogP contribution >= 0.6 is 0 Å². The summed E-state index contributed by atoms with van der Waals surface area (Å²) in [6.45, 7) is 2.32. The fourth-order valence-corrected chi connectivity index (χ4v) is 1.74. The normalized spacial score (nSPS) is 16.7. The van der Waals surface area contributed by atoms with Crippen molar-refractivity contribution in [3.63, 3.8) is 0 Å². The Morgan fingerprint density at radius 2 is 2.24 bits per heavy atom. The highest BCUT2D eigenvalue weighted by atomic mass is 16.5. The van der Waals surface area contributed by atoms with Crippen LogP contribution in [0.3, 0.4) is 0 Å². The Labute approximate surface area is 100 Å². The van der Waals surface area contributed by atoms with E-state index in [0.29, 0.717) is 24.0 Å². The van der Waals surface area contributed by atoms with E-state index in [9.17, 15) is 0 Å². The second-order valence-corrected chi connectivity index (χ2v) is 4.17. The molecule has 1 fully saturated rings. The van der Waals surface area contributed by atoms with Crippen molar-refractivity contribution in [2.75, 3.05) is 19.8 Å². The van der Waals surface area contributed by atoms with E-state index >= 15 is 0 Å². The zero-order valence-electron chi connectivity index (χ0n) is 9.69. The van der Waals surface area contributed by atoms with E-state index in [4.69, 9.17) is 20.6 Å². The number of nitrogen functional groups attached to an aromatic ring is 1. The Balaban J connectivity index is 1.84. The minimum absolute atomic E-state index is 0.0217. The van der Waals surface area contributed by atoms with Gasteiger partial charge in [-0.1, -0.05) is 0 Å². The van der Waals surface area contributed by atoms with Crippen LogP contribution in [0.5, 0.6) is 5.88 Å². The fraction of sp³-hybridized carbons (Fsp3) is 0.500. The van der Waals surface area contributed by atoms with Gasteiger partial charge < -0.3 is 15.2 Å². The summed E-state index contributed by atoms with van der Waals surface area (Å²) in [5.41, 5.74) is 5.96. The minimum Gasteiger partial charge on any atom is -0.477 e. The summed E-state index contributed by atoms with van der Waals surface area (Å²) in [5, 5.41) is 7.25. The Morgan fingerprint density at radius 3 is 2.82 bits per heavy atom. The van der Waals surface area contributed by atoms with Crippen LogP contribution in [0.25, 0.3) is 0 Å². The standard InChI is InChI=1S/C12H17N3O2/c13-12(14)10-1-2-11(15-7-10)17-8-9-3-5-16-6-4-9/h1-2,7,9H,3-6,8H2,(H3,13,14). The van der Waals surface area contributed by atoms with Crippen molar-refractivity contribution in [3.8, 4) is 5.88 Å². The molecule has 5 nitrogen and oxygen atoms in total. The van der Waals surface area contributed by atoms with Gasteiger partial charge in [-0.05, 0) is 24.8 Å². The summed E-state index contributed by atoms with van der Waals surface area (Å²) in [6, 6.07) is 3.49. The van der Waals surface area contributed by atoms with Crippen LogP contribution < -0.4 is 10.5 Å². The van der Waals surface area contributed by atoms with Gasteiger partial charge in [-0.2, -0.15) is 0 Å². The number of nitrogens with two attached hydrogens (primary N) is 1. The number of aromatic nitrogens is 1. The highest BCUT2D eigenvalue weighted by Crippen LogP contribution is 2.16. The molecule has 1 aliphatic heterocycles. The maximum absolute atomic E-state index is 7.25. The molecule has 1 saturated heterocycles. The van der Waals surface area contributed by atoms with Gasteiger partial charge in [-0.3, -0.25) is 5.41 Å². The van der Waals surface area contributed by atoms with Crippen molar-refractivity contribution >= 4 is 5.84 Å². The number of amidine groups is 1. The highest BCUT2D eigenvalue weighted by molar-refractivity contribution is 5.94. The Bertz CT molecular complexity index is 372. The number of nitrogens with one attached hydrogen (secondary N) is 1. The van der Waals surface area contributed by atoms with E-state index in [1.54, 1.807) is 18.3 Å². The molecule has 92 valence electrons. The van der Waals surface area contributed by atoms with Crippen LogP contribution in [0.2, 0.25) is 0 Å². The van der Waals surface area contributed by atoms with E-state index in [-0.39, 0.29) is 5.84 Å². The second kappa shape index (κ2) is 5.63. The minimum atomic E-state index is 0.0217. The maximum Gasteiger partial charge on any atom is 0.213 e. The first-order chi connectivity index (χ1) is 8.25. The predicted molar refractivity (Wildman–Crippen MR) is 64.3 cm³/mol. The topological polar surface area (TPSA) is 81.2 Å². The number of pyridine rings is 1. The number of rotatable bonds is 4. The van der Waals surface area contributed by atoms with Crippen LogP contribution in [0.4, 0.5) is 0 Å². The summed E-state index contributed by atoms with van der Waals surface area (Å²) in [4.78, 5) is 4.11. The van der Waals surface area contributed by atoms with Gasteiger partial charge in [0.2, 0.25) is 5.88 Å². The van der Waals surface area contributed by atoms with Crippen molar-refractivity contribution < 1.29 is 9.47 Å². The Morgan fingerprint density at radius 1 is 1.47 bits per heavy atom. The van der Waals surface area contributed by atoms with E-state index < -0.39 is 0 Å². The van der Waals surface area contributed by atoms with Crippen molar-refractivity contribution in [3.05, 3.63) is 23.9 Å². The van der Waals surface area contributed by atoms with Crippen molar-refractivity contribution in [1.29, 1.82) is 5.41 Å². The third-order valence-electron chi connectivity index (χ3n) is 2.86. The van der Waals surface area contributed by atoms with E-state index in [0.717, 1.165) is 26.1 Å². The first-order valence-corrected chi connectivity index (χ1v) is 5.76. The summed E-state index contributed by atoms with van der Waals surface area (Å²) in [6.07, 6.45) is 3.65. The van der Waals surface area contributed by atoms with E-state index in [1.807, 2.05) is 0 Å². The molecule has 5 heteroatoms. The van der Waals surface area contributed by atoms with Gasteiger partial charge in [0.15, 0.2) is 0 Å². The van der Waals surface area contributed by atoms with Crippen LogP contribution in [-0.4, -0.2) is 30.6 Å². The Hall–Kier alpha value is -1.62. The maximum atomic E-state index is 7.25. The molecule has 0 radical (unpaired) electrons. The summed E-state index contributed by atoms with van der Waals surface area (Å²) < 4.78 is 10.9. The van der Waals surface area contributed by atoms with Gasteiger partial charge in [0.25, 0.3) is 0 Å². The smallest absolute Gasteiger partial charge is 0.213 e. The zero-order chi connectivity index (χ0) is 12.1. The molecule has 0 amide bonds. The first-order valence-electron chi connectivity index (χ1n) is 5.76. The molecular formula is C12H17N3O2. The zero-order valence-corrected chi connectivity index (χ0v) is 9.69. The Kier molecular flexibility index (Phi) is 3.93. The fourth-order valence-electron chi connectivity index (χ4n) is 1.74. The molecule has 17 heavy (non-hydrogen) atoms. The monoisotopic (exact) mass is 235 g/mol. The van der Waals surface area contributed by atoms with Gasteiger partial charge in [-0.25, -0.2) is 4.98 Å². The lowest BCUT2D eigenvalue weighted by atomic mass is 10.0. The molecule has 0 aromatic carbocycles. The van der Waals surface area contributed by atoms with Gasteiger partial charge in [0.1, 0.15) is 5.84 Å². The molecule has 1 aromatic heterocycles. The third-order valence-corrected chi connectivity index (χ3v) is 2.86. The lowest BCUT2D eigenvalue weighted by Gasteiger charge is -2.21. The molecule has 1 aromatic rings.